The summed E-state index contributed by atoms with van der Waals surface area (Å²) < 4.78 is 37.4. The van der Waals surface area contributed by atoms with E-state index in [9.17, 15) is 14.2 Å². The number of aromatic nitrogens is 4. The fourth-order valence-corrected chi connectivity index (χ4v) is 10.5. The van der Waals surface area contributed by atoms with Gasteiger partial charge in [-0.3, -0.25) is 24.6 Å². The standard InChI is InChI=1S/C48H52BrFN11O4P/c1-57-30-33(28-52-57)36-26-40(54-47-51-29-37(49)46(56-47)53-39-12-10-32(24-44(39)66(3,4)64)31-8-6-5-7-9-31)43(65-2)27-42(36)60-17-14-34(15-18-60)58-20-22-59(23-21-58)35-11-13-41(38(50)25-35)61-19-16-45(62)55-48(61)63/h5-13,24-30,34H,14-23H2,1-4H3,(H,55,62,63)(H2,51,53,54,56). The van der Waals surface area contributed by atoms with Gasteiger partial charge in [0.25, 0.3) is 0 Å². The van der Waals surface area contributed by atoms with Crippen LogP contribution < -0.4 is 40.7 Å². The monoisotopic (exact) mass is 975 g/mol. The van der Waals surface area contributed by atoms with Crippen LogP contribution in [0.25, 0.3) is 22.3 Å². The lowest BCUT2D eigenvalue weighted by Crippen LogP contribution is -2.53. The number of nitrogens with zero attached hydrogens (tertiary/aromatic N) is 8. The molecule has 0 unspecified atom stereocenters. The molecule has 3 fully saturated rings. The summed E-state index contributed by atoms with van der Waals surface area (Å²) in [5.41, 5.74) is 7.36. The smallest absolute Gasteiger partial charge is 0.328 e. The molecule has 15 nitrogen and oxygen atoms in total. The summed E-state index contributed by atoms with van der Waals surface area (Å²) in [6.45, 7) is 8.62. The van der Waals surface area contributed by atoms with Gasteiger partial charge in [0.1, 0.15) is 24.5 Å². The van der Waals surface area contributed by atoms with Gasteiger partial charge in [-0.1, -0.05) is 36.4 Å². The van der Waals surface area contributed by atoms with Gasteiger partial charge in [-0.05, 0) is 89.6 Å². The number of hydrogen-bond donors (Lipinski definition) is 3. The second kappa shape index (κ2) is 18.9. The molecular weight excluding hydrogens is 924 g/mol. The van der Waals surface area contributed by atoms with Crippen LogP contribution in [0.1, 0.15) is 19.3 Å². The van der Waals surface area contributed by atoms with E-state index in [0.717, 1.165) is 91.0 Å². The molecule has 0 spiro atoms. The number of ether oxygens (including phenoxy) is 1. The number of carbonyl (C=O) groups is 2. The first kappa shape index (κ1) is 44.9. The SMILES string of the molecule is COc1cc(N2CCC(N3CCN(c4ccc(N5CCC(=O)NC5=O)c(F)c4)CC3)CC2)c(-c2cnn(C)c2)cc1Nc1ncc(Br)c(Nc2ccc(-c3ccccc3)cc2P(C)(C)=O)n1. The molecule has 0 bridgehead atoms. The molecule has 3 saturated heterocycles. The molecular formula is C48H52BrFN11O4P. The Bertz CT molecular complexity index is 2830. The van der Waals surface area contributed by atoms with Gasteiger partial charge < -0.3 is 29.7 Å². The van der Waals surface area contributed by atoms with Gasteiger partial charge in [0, 0.05) is 112 Å². The van der Waals surface area contributed by atoms with E-state index in [1.165, 1.54) is 11.0 Å². The summed E-state index contributed by atoms with van der Waals surface area (Å²) in [6.07, 6.45) is 7.65. The second-order valence-corrected chi connectivity index (χ2v) is 21.2. The Morgan fingerprint density at radius 3 is 2.27 bits per heavy atom. The highest BCUT2D eigenvalue weighted by molar-refractivity contribution is 9.10. The van der Waals surface area contributed by atoms with Crippen molar-refractivity contribution in [3.05, 3.63) is 108 Å². The predicted octanol–water partition coefficient (Wildman–Crippen LogP) is 8.43. The van der Waals surface area contributed by atoms with Crippen molar-refractivity contribution in [2.45, 2.75) is 25.3 Å². The number of halogens is 2. The Hall–Kier alpha value is -6.29. The summed E-state index contributed by atoms with van der Waals surface area (Å²) in [7, 11) is 0.851. The van der Waals surface area contributed by atoms with Crippen molar-refractivity contribution < 1.29 is 23.3 Å². The molecule has 0 aliphatic carbocycles. The maximum atomic E-state index is 15.3. The number of hydrogen-bond acceptors (Lipinski definition) is 12. The van der Waals surface area contributed by atoms with Crippen LogP contribution in [0.15, 0.2) is 102 Å². The van der Waals surface area contributed by atoms with Crippen molar-refractivity contribution in [3.8, 4) is 28.0 Å². The molecule has 3 amide bonds. The lowest BCUT2D eigenvalue weighted by atomic mass is 9.98. The van der Waals surface area contributed by atoms with E-state index < -0.39 is 19.0 Å². The molecule has 4 aromatic carbocycles. The number of piperazine rings is 1. The third kappa shape index (κ3) is 9.65. The minimum Gasteiger partial charge on any atom is -0.494 e. The summed E-state index contributed by atoms with van der Waals surface area (Å²) in [5.74, 6) is 0.652. The molecule has 3 aliphatic rings. The van der Waals surface area contributed by atoms with Crippen molar-refractivity contribution in [1.29, 1.82) is 0 Å². The van der Waals surface area contributed by atoms with Gasteiger partial charge in [0.2, 0.25) is 11.9 Å². The third-order valence-corrected chi connectivity index (χ3v) is 14.6. The van der Waals surface area contributed by atoms with E-state index in [2.05, 4.69) is 68.8 Å². The average molecular weight is 977 g/mol. The van der Waals surface area contributed by atoms with Crippen molar-refractivity contribution in [2.24, 2.45) is 7.05 Å². The Balaban J connectivity index is 0.889. The molecule has 9 rings (SSSR count). The molecule has 3 N–H and O–H groups in total. The number of urea groups is 1. The highest BCUT2D eigenvalue weighted by Crippen LogP contribution is 2.43. The summed E-state index contributed by atoms with van der Waals surface area (Å²) in [5, 5.41) is 14.3. The van der Waals surface area contributed by atoms with Crippen molar-refractivity contribution >= 4 is 80.5 Å². The highest BCUT2D eigenvalue weighted by Gasteiger charge is 2.31. The number of rotatable bonds is 12. The molecule has 0 atom stereocenters. The topological polar surface area (TPSA) is 153 Å². The van der Waals surface area contributed by atoms with Crippen LogP contribution in [-0.2, 0) is 16.4 Å². The average Bonchev–Trinajstić information content (AvgIpc) is 3.76. The maximum absolute atomic E-state index is 15.3. The number of carbonyl (C=O) groups excluding carboxylic acids is 2. The van der Waals surface area contributed by atoms with Gasteiger partial charge in [0.15, 0.2) is 0 Å². The first-order chi connectivity index (χ1) is 31.8. The Morgan fingerprint density at radius 1 is 0.818 bits per heavy atom. The minimum atomic E-state index is -2.71. The van der Waals surface area contributed by atoms with Crippen molar-refractivity contribution in [1.82, 2.24) is 30.0 Å². The zero-order valence-electron chi connectivity index (χ0n) is 37.3. The van der Waals surface area contributed by atoms with Crippen LogP contribution in [0.2, 0.25) is 0 Å². The molecule has 0 saturated carbocycles. The van der Waals surface area contributed by atoms with E-state index in [4.69, 9.17) is 9.72 Å². The van der Waals surface area contributed by atoms with Crippen molar-refractivity contribution in [3.63, 3.8) is 0 Å². The lowest BCUT2D eigenvalue weighted by Gasteiger charge is -2.44. The number of piperidine rings is 1. The van der Waals surface area contributed by atoms with E-state index in [1.807, 2.05) is 74.0 Å². The number of methoxy groups -OCH3 is 1. The highest BCUT2D eigenvalue weighted by atomic mass is 79.9. The zero-order valence-corrected chi connectivity index (χ0v) is 39.8. The van der Waals surface area contributed by atoms with Gasteiger partial charge in [-0.2, -0.15) is 10.1 Å². The fraction of sp³-hybridized carbons (Fsp3) is 0.312. The summed E-state index contributed by atoms with van der Waals surface area (Å²) >= 11 is 3.63. The van der Waals surface area contributed by atoms with E-state index in [-0.39, 0.29) is 24.6 Å². The maximum Gasteiger partial charge on any atom is 0.328 e. The third-order valence-electron chi connectivity index (χ3n) is 12.5. The van der Waals surface area contributed by atoms with Crippen LogP contribution in [0.4, 0.5) is 49.4 Å². The van der Waals surface area contributed by atoms with Crippen LogP contribution >= 0.6 is 23.1 Å². The normalized spacial score (nSPS) is 16.4. The van der Waals surface area contributed by atoms with Gasteiger partial charge >= 0.3 is 6.03 Å². The Labute approximate surface area is 391 Å². The van der Waals surface area contributed by atoms with E-state index in [0.29, 0.717) is 39.4 Å². The Kier molecular flexibility index (Phi) is 12.9. The number of aryl methyl sites for hydroxylation is 1. The molecule has 342 valence electrons. The number of amides is 3. The first-order valence-corrected chi connectivity index (χ1v) is 25.4. The largest absolute Gasteiger partial charge is 0.494 e. The molecule has 66 heavy (non-hydrogen) atoms. The molecule has 6 aromatic rings. The van der Waals surface area contributed by atoms with Gasteiger partial charge in [0.05, 0.1) is 34.8 Å². The summed E-state index contributed by atoms with van der Waals surface area (Å²) in [4.78, 5) is 41.8. The van der Waals surface area contributed by atoms with Gasteiger partial charge in [-0.25, -0.2) is 14.2 Å². The van der Waals surface area contributed by atoms with Crippen LogP contribution in [0.3, 0.4) is 0 Å². The van der Waals surface area contributed by atoms with Gasteiger partial charge in [-0.15, -0.1) is 0 Å². The predicted molar refractivity (Wildman–Crippen MR) is 263 cm³/mol. The second-order valence-electron chi connectivity index (χ2n) is 17.2. The van der Waals surface area contributed by atoms with Crippen LogP contribution in [-0.4, -0.2) is 109 Å². The first-order valence-electron chi connectivity index (χ1n) is 22.0. The lowest BCUT2D eigenvalue weighted by molar-refractivity contribution is -0.120. The molecule has 2 aromatic heterocycles. The number of nitrogens with one attached hydrogen (secondary N) is 3. The zero-order chi connectivity index (χ0) is 46.1. The van der Waals surface area contributed by atoms with Crippen LogP contribution in [0, 0.1) is 5.82 Å². The molecule has 18 heteroatoms. The Morgan fingerprint density at radius 2 is 1.59 bits per heavy atom. The summed E-state index contributed by atoms with van der Waals surface area (Å²) in [6, 6.07) is 24.9. The molecule has 5 heterocycles. The molecule has 0 radical (unpaired) electrons. The van der Waals surface area contributed by atoms with E-state index in [1.54, 1.807) is 37.4 Å². The van der Waals surface area contributed by atoms with Crippen LogP contribution in [0.5, 0.6) is 5.75 Å². The minimum absolute atomic E-state index is 0.139. The number of imide groups is 1. The number of benzene rings is 4. The molecule has 3 aliphatic heterocycles. The van der Waals surface area contributed by atoms with E-state index >= 15 is 4.39 Å². The fourth-order valence-electron chi connectivity index (χ4n) is 9.07. The number of anilines is 7. The quantitative estimate of drug-likeness (QED) is 0.101. The van der Waals surface area contributed by atoms with Crippen molar-refractivity contribution in [2.75, 3.05) is 91.6 Å².